The van der Waals surface area contributed by atoms with Crippen LogP contribution in [0.2, 0.25) is 0 Å². The number of hydrogen-bond donors (Lipinski definition) is 2. The van der Waals surface area contributed by atoms with Gasteiger partial charge in [0.2, 0.25) is 0 Å². The molecule has 6 heteroatoms. The SMILES string of the molecule is O=C(NCCc1ncc[nH]1)c1ccc(Br)c(F)c1. The molecule has 0 atom stereocenters. The number of carbonyl (C=O) groups is 1. The molecule has 1 amide bonds. The first-order valence-corrected chi connectivity index (χ1v) is 6.17. The van der Waals surface area contributed by atoms with Crippen molar-refractivity contribution >= 4 is 21.8 Å². The molecule has 1 aromatic carbocycles. The number of benzene rings is 1. The van der Waals surface area contributed by atoms with Crippen LogP contribution < -0.4 is 5.32 Å². The summed E-state index contributed by atoms with van der Waals surface area (Å²) < 4.78 is 13.6. The van der Waals surface area contributed by atoms with E-state index >= 15 is 0 Å². The average molecular weight is 312 g/mol. The van der Waals surface area contributed by atoms with Crippen LogP contribution in [0.25, 0.3) is 0 Å². The van der Waals surface area contributed by atoms with E-state index in [1.165, 1.54) is 12.1 Å². The standard InChI is InChI=1S/C12H11BrFN3O/c13-9-2-1-8(7-10(9)14)12(18)17-4-3-11-15-5-6-16-11/h1-2,5-7H,3-4H2,(H,15,16)(H,17,18). The monoisotopic (exact) mass is 311 g/mol. The number of carbonyl (C=O) groups excluding carboxylic acids is 1. The Hall–Kier alpha value is -1.69. The minimum Gasteiger partial charge on any atom is -0.352 e. The van der Waals surface area contributed by atoms with Crippen molar-refractivity contribution in [2.75, 3.05) is 6.54 Å². The van der Waals surface area contributed by atoms with Crippen molar-refractivity contribution in [3.63, 3.8) is 0 Å². The van der Waals surface area contributed by atoms with Gasteiger partial charge < -0.3 is 10.3 Å². The molecule has 2 aromatic rings. The Morgan fingerprint density at radius 2 is 2.33 bits per heavy atom. The third-order valence-corrected chi connectivity index (χ3v) is 3.03. The van der Waals surface area contributed by atoms with Gasteiger partial charge in [0.1, 0.15) is 11.6 Å². The summed E-state index contributed by atoms with van der Waals surface area (Å²) in [6, 6.07) is 4.28. The first kappa shape index (κ1) is 12.8. The number of aromatic amines is 1. The zero-order valence-electron chi connectivity index (χ0n) is 9.41. The first-order chi connectivity index (χ1) is 8.66. The molecule has 0 aliphatic heterocycles. The average Bonchev–Trinajstić information content (AvgIpc) is 2.85. The van der Waals surface area contributed by atoms with Gasteiger partial charge in [0.25, 0.3) is 5.91 Å². The molecule has 94 valence electrons. The van der Waals surface area contributed by atoms with E-state index < -0.39 is 5.82 Å². The lowest BCUT2D eigenvalue weighted by Crippen LogP contribution is -2.26. The number of hydrogen-bond acceptors (Lipinski definition) is 2. The highest BCUT2D eigenvalue weighted by Gasteiger charge is 2.08. The lowest BCUT2D eigenvalue weighted by molar-refractivity contribution is 0.0953. The van der Waals surface area contributed by atoms with Crippen molar-refractivity contribution < 1.29 is 9.18 Å². The van der Waals surface area contributed by atoms with Gasteiger partial charge in [-0.15, -0.1) is 0 Å². The fourth-order valence-corrected chi connectivity index (χ4v) is 1.72. The topological polar surface area (TPSA) is 57.8 Å². The van der Waals surface area contributed by atoms with Crippen LogP contribution in [0.1, 0.15) is 16.2 Å². The minimum atomic E-state index is -0.450. The lowest BCUT2D eigenvalue weighted by atomic mass is 10.2. The molecule has 0 bridgehead atoms. The predicted molar refractivity (Wildman–Crippen MR) is 68.7 cm³/mol. The van der Waals surface area contributed by atoms with E-state index in [4.69, 9.17) is 0 Å². The summed E-state index contributed by atoms with van der Waals surface area (Å²) in [5.41, 5.74) is 0.301. The molecule has 2 rings (SSSR count). The zero-order valence-corrected chi connectivity index (χ0v) is 11.0. The summed E-state index contributed by atoms with van der Waals surface area (Å²) in [6.45, 7) is 0.448. The third-order valence-electron chi connectivity index (χ3n) is 2.38. The van der Waals surface area contributed by atoms with Gasteiger partial charge in [-0.05, 0) is 34.1 Å². The normalized spacial score (nSPS) is 10.3. The summed E-state index contributed by atoms with van der Waals surface area (Å²) >= 11 is 3.04. The maximum atomic E-state index is 13.2. The molecule has 18 heavy (non-hydrogen) atoms. The molecular formula is C12H11BrFN3O. The van der Waals surface area contributed by atoms with Gasteiger partial charge in [-0.25, -0.2) is 9.37 Å². The second-order valence-corrected chi connectivity index (χ2v) is 4.52. The third kappa shape index (κ3) is 3.16. The molecular weight excluding hydrogens is 301 g/mol. The van der Waals surface area contributed by atoms with Crippen LogP contribution in [0.4, 0.5) is 4.39 Å². The number of rotatable bonds is 4. The smallest absolute Gasteiger partial charge is 0.251 e. The fourth-order valence-electron chi connectivity index (χ4n) is 1.47. The first-order valence-electron chi connectivity index (χ1n) is 5.38. The van der Waals surface area contributed by atoms with Crippen molar-refractivity contribution in [2.24, 2.45) is 0 Å². The van der Waals surface area contributed by atoms with Crippen LogP contribution in [-0.4, -0.2) is 22.4 Å². The molecule has 0 aliphatic rings. The second-order valence-electron chi connectivity index (χ2n) is 3.67. The maximum absolute atomic E-state index is 13.2. The van der Waals surface area contributed by atoms with Crippen LogP contribution in [0.15, 0.2) is 35.1 Å². The van der Waals surface area contributed by atoms with E-state index in [0.717, 1.165) is 5.82 Å². The Kier molecular flexibility index (Phi) is 4.09. The quantitative estimate of drug-likeness (QED) is 0.910. The molecule has 0 fully saturated rings. The lowest BCUT2D eigenvalue weighted by Gasteiger charge is -2.04. The van der Waals surface area contributed by atoms with Crippen LogP contribution in [0, 0.1) is 5.82 Å². The van der Waals surface area contributed by atoms with E-state index in [1.54, 1.807) is 18.5 Å². The van der Waals surface area contributed by atoms with Gasteiger partial charge in [0.05, 0.1) is 4.47 Å². The molecule has 2 N–H and O–H groups in total. The Balaban J connectivity index is 1.89. The molecule has 4 nitrogen and oxygen atoms in total. The largest absolute Gasteiger partial charge is 0.352 e. The maximum Gasteiger partial charge on any atom is 0.251 e. The number of H-pyrrole nitrogens is 1. The van der Waals surface area contributed by atoms with Gasteiger partial charge in [-0.2, -0.15) is 0 Å². The van der Waals surface area contributed by atoms with Crippen LogP contribution in [0.3, 0.4) is 0 Å². The second kappa shape index (κ2) is 5.77. The number of amides is 1. The Labute approximate surface area is 112 Å². The number of aromatic nitrogens is 2. The van der Waals surface area contributed by atoms with Gasteiger partial charge in [0.15, 0.2) is 0 Å². The summed E-state index contributed by atoms with van der Waals surface area (Å²) in [7, 11) is 0. The molecule has 0 saturated heterocycles. The number of halogens is 2. The van der Waals surface area contributed by atoms with E-state index in [1.807, 2.05) is 0 Å². The van der Waals surface area contributed by atoms with E-state index in [2.05, 4.69) is 31.2 Å². The van der Waals surface area contributed by atoms with Crippen LogP contribution in [0.5, 0.6) is 0 Å². The highest BCUT2D eigenvalue weighted by Crippen LogP contribution is 2.16. The fraction of sp³-hybridized carbons (Fsp3) is 0.167. The summed E-state index contributed by atoms with van der Waals surface area (Å²) in [5.74, 6) is 0.0546. The molecule has 0 aliphatic carbocycles. The van der Waals surface area contributed by atoms with Crippen molar-refractivity contribution in [1.29, 1.82) is 0 Å². The van der Waals surface area contributed by atoms with Gasteiger partial charge in [0, 0.05) is 30.9 Å². The van der Waals surface area contributed by atoms with Crippen LogP contribution in [-0.2, 0) is 6.42 Å². The summed E-state index contributed by atoms with van der Waals surface area (Å²) in [4.78, 5) is 18.7. The van der Waals surface area contributed by atoms with E-state index in [0.29, 0.717) is 23.0 Å². The Morgan fingerprint density at radius 1 is 1.50 bits per heavy atom. The molecule has 1 heterocycles. The highest BCUT2D eigenvalue weighted by atomic mass is 79.9. The van der Waals surface area contributed by atoms with Gasteiger partial charge in [-0.1, -0.05) is 0 Å². The van der Waals surface area contributed by atoms with Crippen molar-refractivity contribution in [3.05, 3.63) is 52.3 Å². The molecule has 0 spiro atoms. The van der Waals surface area contributed by atoms with E-state index in [9.17, 15) is 9.18 Å². The van der Waals surface area contributed by atoms with Crippen molar-refractivity contribution in [2.45, 2.75) is 6.42 Å². The number of imidazole rings is 1. The van der Waals surface area contributed by atoms with Crippen molar-refractivity contribution in [1.82, 2.24) is 15.3 Å². The Morgan fingerprint density at radius 3 is 3.00 bits per heavy atom. The van der Waals surface area contributed by atoms with E-state index in [-0.39, 0.29) is 5.91 Å². The molecule has 0 radical (unpaired) electrons. The van der Waals surface area contributed by atoms with Gasteiger partial charge in [-0.3, -0.25) is 4.79 Å². The predicted octanol–water partition coefficient (Wildman–Crippen LogP) is 2.28. The van der Waals surface area contributed by atoms with Gasteiger partial charge >= 0.3 is 0 Å². The number of nitrogens with zero attached hydrogens (tertiary/aromatic N) is 1. The molecule has 1 aromatic heterocycles. The minimum absolute atomic E-state index is 0.298. The van der Waals surface area contributed by atoms with Crippen molar-refractivity contribution in [3.8, 4) is 0 Å². The summed E-state index contributed by atoms with van der Waals surface area (Å²) in [5, 5.41) is 2.70. The summed E-state index contributed by atoms with van der Waals surface area (Å²) in [6.07, 6.45) is 3.99. The number of nitrogens with one attached hydrogen (secondary N) is 2. The molecule has 0 saturated carbocycles. The molecule has 0 unspecified atom stereocenters. The highest BCUT2D eigenvalue weighted by molar-refractivity contribution is 9.10. The van der Waals surface area contributed by atoms with Crippen LogP contribution >= 0.6 is 15.9 Å². The Bertz CT molecular complexity index is 542. The zero-order chi connectivity index (χ0) is 13.0.